The number of rotatable bonds is 8. The molecule has 0 spiro atoms. The number of carbonyl (C=O) groups is 2. The predicted octanol–water partition coefficient (Wildman–Crippen LogP) is 3.06. The van der Waals surface area contributed by atoms with Crippen LogP contribution in [0.2, 0.25) is 0 Å². The number of hydrogen-bond donors (Lipinski definition) is 2. The van der Waals surface area contributed by atoms with Crippen molar-refractivity contribution in [2.75, 3.05) is 23.9 Å². The number of amidine groups is 1. The van der Waals surface area contributed by atoms with Gasteiger partial charge in [-0.1, -0.05) is 31.9 Å². The molecule has 0 radical (unpaired) electrons. The van der Waals surface area contributed by atoms with E-state index in [0.29, 0.717) is 42.1 Å². The minimum absolute atomic E-state index is 0.0461. The Balaban J connectivity index is 1.58. The van der Waals surface area contributed by atoms with E-state index in [0.717, 1.165) is 19.3 Å². The van der Waals surface area contributed by atoms with Gasteiger partial charge in [0.2, 0.25) is 11.8 Å². The summed E-state index contributed by atoms with van der Waals surface area (Å²) in [7, 11) is -2.17. The number of nitrogens with one attached hydrogen (secondary N) is 2. The molecule has 10 heteroatoms. The third-order valence-electron chi connectivity index (χ3n) is 5.89. The Morgan fingerprint density at radius 2 is 2.06 bits per heavy atom. The first-order valence-corrected chi connectivity index (χ1v) is 12.8. The van der Waals surface area contributed by atoms with Crippen LogP contribution in [0.15, 0.2) is 52.4 Å². The zero-order valence-electron chi connectivity index (χ0n) is 19.2. The molecule has 2 amide bonds. The van der Waals surface area contributed by atoms with Gasteiger partial charge < -0.3 is 15.0 Å². The van der Waals surface area contributed by atoms with E-state index in [9.17, 15) is 18.0 Å². The Kier molecular flexibility index (Phi) is 6.87. The van der Waals surface area contributed by atoms with Crippen molar-refractivity contribution in [3.05, 3.63) is 48.0 Å². The van der Waals surface area contributed by atoms with Gasteiger partial charge in [0.15, 0.2) is 0 Å². The number of methoxy groups -OCH3 is 1. The number of fused-ring (bicyclic) bond motifs is 1. The quantitative estimate of drug-likeness (QED) is 0.597. The van der Waals surface area contributed by atoms with Crippen molar-refractivity contribution in [2.24, 2.45) is 4.99 Å². The standard InChI is InChI=1S/C24H28N4O5S/c1-3-4-9-18(26-23-17-8-5-6-10-21(17)34(31,32)27-23)24(30)25-16-12-13-19(20(15-16)33-2)28-14-7-11-22(28)29/h5-6,8,10,12-13,15,18H,3-4,7,9,11,14H2,1-2H3,(H,25,30)(H,26,27). The van der Waals surface area contributed by atoms with E-state index in [1.165, 1.54) is 13.2 Å². The normalized spacial score (nSPS) is 18.5. The molecule has 2 aromatic rings. The van der Waals surface area contributed by atoms with Crippen molar-refractivity contribution in [3.63, 3.8) is 0 Å². The van der Waals surface area contributed by atoms with Crippen molar-refractivity contribution in [1.29, 1.82) is 0 Å². The molecule has 0 bridgehead atoms. The van der Waals surface area contributed by atoms with Crippen LogP contribution in [0.1, 0.15) is 44.6 Å². The van der Waals surface area contributed by atoms with E-state index in [1.807, 2.05) is 6.92 Å². The van der Waals surface area contributed by atoms with Gasteiger partial charge in [0, 0.05) is 30.3 Å². The summed E-state index contributed by atoms with van der Waals surface area (Å²) in [4.78, 5) is 31.6. The topological polar surface area (TPSA) is 117 Å². The maximum absolute atomic E-state index is 13.2. The van der Waals surface area contributed by atoms with Crippen LogP contribution in [-0.4, -0.2) is 45.8 Å². The van der Waals surface area contributed by atoms with Gasteiger partial charge in [0.05, 0.1) is 17.7 Å². The monoisotopic (exact) mass is 484 g/mol. The number of carbonyl (C=O) groups excluding carboxylic acids is 2. The lowest BCUT2D eigenvalue weighted by atomic mass is 10.1. The molecule has 4 rings (SSSR count). The zero-order valence-corrected chi connectivity index (χ0v) is 20.0. The van der Waals surface area contributed by atoms with Crippen molar-refractivity contribution in [2.45, 2.75) is 50.0 Å². The molecular formula is C24H28N4O5S. The first kappa shape index (κ1) is 23.7. The molecule has 0 saturated carbocycles. The maximum Gasteiger partial charge on any atom is 0.263 e. The number of anilines is 2. The van der Waals surface area contributed by atoms with Gasteiger partial charge in [-0.25, -0.2) is 8.42 Å². The number of sulfonamides is 1. The molecular weight excluding hydrogens is 456 g/mol. The molecule has 1 unspecified atom stereocenters. The van der Waals surface area contributed by atoms with E-state index < -0.39 is 16.1 Å². The molecule has 2 N–H and O–H groups in total. The number of benzene rings is 2. The van der Waals surface area contributed by atoms with Crippen LogP contribution in [0, 0.1) is 0 Å². The molecule has 34 heavy (non-hydrogen) atoms. The molecule has 0 aromatic heterocycles. The van der Waals surface area contributed by atoms with E-state index in [4.69, 9.17) is 4.74 Å². The second-order valence-corrected chi connectivity index (χ2v) is 9.91. The Hall–Kier alpha value is -3.40. The molecule has 2 aliphatic heterocycles. The lowest BCUT2D eigenvalue weighted by Crippen LogP contribution is -2.31. The molecule has 1 saturated heterocycles. The fourth-order valence-electron chi connectivity index (χ4n) is 4.14. The summed E-state index contributed by atoms with van der Waals surface area (Å²) in [5.41, 5.74) is 1.63. The van der Waals surface area contributed by atoms with Crippen LogP contribution in [-0.2, 0) is 19.6 Å². The highest BCUT2D eigenvalue weighted by molar-refractivity contribution is 7.90. The Morgan fingerprint density at radius 1 is 1.26 bits per heavy atom. The third-order valence-corrected chi connectivity index (χ3v) is 7.29. The predicted molar refractivity (Wildman–Crippen MR) is 130 cm³/mol. The molecule has 2 aliphatic rings. The minimum Gasteiger partial charge on any atom is -0.494 e. The molecule has 1 fully saturated rings. The number of ether oxygens (including phenoxy) is 1. The van der Waals surface area contributed by atoms with Gasteiger partial charge in [-0.05, 0) is 37.1 Å². The van der Waals surface area contributed by atoms with Gasteiger partial charge in [-0.15, -0.1) is 0 Å². The highest BCUT2D eigenvalue weighted by Gasteiger charge is 2.32. The van der Waals surface area contributed by atoms with E-state index >= 15 is 0 Å². The fraction of sp³-hybridized carbons (Fsp3) is 0.375. The Bertz CT molecular complexity index is 1240. The van der Waals surface area contributed by atoms with Crippen LogP contribution >= 0.6 is 0 Å². The summed E-state index contributed by atoms with van der Waals surface area (Å²) in [6, 6.07) is 10.9. The summed E-state index contributed by atoms with van der Waals surface area (Å²) in [6.07, 6.45) is 3.39. The number of aliphatic imine (C=N–C) groups is 1. The van der Waals surface area contributed by atoms with Gasteiger partial charge >= 0.3 is 0 Å². The largest absolute Gasteiger partial charge is 0.494 e. The van der Waals surface area contributed by atoms with Crippen LogP contribution in [0.25, 0.3) is 0 Å². The number of amides is 2. The van der Waals surface area contributed by atoms with Crippen LogP contribution in [0.4, 0.5) is 11.4 Å². The Labute approximate surface area is 199 Å². The van der Waals surface area contributed by atoms with Crippen molar-refractivity contribution in [3.8, 4) is 5.75 Å². The van der Waals surface area contributed by atoms with E-state index in [2.05, 4.69) is 15.0 Å². The van der Waals surface area contributed by atoms with Crippen LogP contribution in [0.5, 0.6) is 5.75 Å². The number of hydrogen-bond acceptors (Lipinski definition) is 6. The lowest BCUT2D eigenvalue weighted by Gasteiger charge is -2.20. The fourth-order valence-corrected chi connectivity index (χ4v) is 5.38. The van der Waals surface area contributed by atoms with Crippen molar-refractivity contribution >= 4 is 39.0 Å². The van der Waals surface area contributed by atoms with Crippen molar-refractivity contribution in [1.82, 2.24) is 4.72 Å². The Morgan fingerprint density at radius 3 is 2.76 bits per heavy atom. The van der Waals surface area contributed by atoms with E-state index in [-0.39, 0.29) is 22.5 Å². The second-order valence-electron chi connectivity index (χ2n) is 8.26. The third kappa shape index (κ3) is 4.77. The SMILES string of the molecule is CCCCC(N=C1NS(=O)(=O)c2ccccc21)C(=O)Nc1ccc(N2CCCC2=O)c(OC)c1. The summed E-state index contributed by atoms with van der Waals surface area (Å²) in [6.45, 7) is 2.65. The molecule has 0 aliphatic carbocycles. The minimum atomic E-state index is -3.69. The average molecular weight is 485 g/mol. The van der Waals surface area contributed by atoms with Crippen LogP contribution < -0.4 is 19.7 Å². The zero-order chi connectivity index (χ0) is 24.3. The van der Waals surface area contributed by atoms with Crippen LogP contribution in [0.3, 0.4) is 0 Å². The van der Waals surface area contributed by atoms with Gasteiger partial charge in [0.1, 0.15) is 17.6 Å². The summed E-state index contributed by atoms with van der Waals surface area (Å²) in [5.74, 6) is 0.357. The lowest BCUT2D eigenvalue weighted by molar-refractivity contribution is -0.118. The summed E-state index contributed by atoms with van der Waals surface area (Å²) < 4.78 is 32.8. The smallest absolute Gasteiger partial charge is 0.263 e. The molecule has 180 valence electrons. The van der Waals surface area contributed by atoms with Crippen molar-refractivity contribution < 1.29 is 22.7 Å². The molecule has 1 atom stereocenters. The van der Waals surface area contributed by atoms with Gasteiger partial charge in [0.25, 0.3) is 10.0 Å². The highest BCUT2D eigenvalue weighted by atomic mass is 32.2. The summed E-state index contributed by atoms with van der Waals surface area (Å²) in [5, 5.41) is 2.87. The van der Waals surface area contributed by atoms with Gasteiger partial charge in [-0.2, -0.15) is 0 Å². The molecule has 9 nitrogen and oxygen atoms in total. The summed E-state index contributed by atoms with van der Waals surface area (Å²) >= 11 is 0. The highest BCUT2D eigenvalue weighted by Crippen LogP contribution is 2.34. The van der Waals surface area contributed by atoms with Gasteiger partial charge in [-0.3, -0.25) is 19.3 Å². The number of unbranched alkanes of at least 4 members (excludes halogenated alkanes) is 1. The van der Waals surface area contributed by atoms with E-state index in [1.54, 1.807) is 41.3 Å². The second kappa shape index (κ2) is 9.84. The maximum atomic E-state index is 13.2. The first-order valence-electron chi connectivity index (χ1n) is 11.3. The first-order chi connectivity index (χ1) is 16.3. The molecule has 2 aromatic carbocycles. The molecule has 2 heterocycles. The average Bonchev–Trinajstić information content (AvgIpc) is 3.36. The number of nitrogens with zero attached hydrogens (tertiary/aromatic N) is 2.